The van der Waals surface area contributed by atoms with E-state index >= 15 is 0 Å². The number of ether oxygens (including phenoxy) is 1. The number of aromatic hydroxyl groups is 1. The summed E-state index contributed by atoms with van der Waals surface area (Å²) >= 11 is 0. The van der Waals surface area contributed by atoms with E-state index in [1.807, 2.05) is 12.1 Å². The Labute approximate surface area is 172 Å². The van der Waals surface area contributed by atoms with Crippen molar-refractivity contribution in [3.63, 3.8) is 0 Å². The molecule has 1 unspecified atom stereocenters. The Morgan fingerprint density at radius 3 is 2.32 bits per heavy atom. The van der Waals surface area contributed by atoms with Crippen molar-refractivity contribution in [2.45, 2.75) is 91.6 Å². The van der Waals surface area contributed by atoms with E-state index in [9.17, 15) is 5.11 Å². The van der Waals surface area contributed by atoms with E-state index < -0.39 is 0 Å². The summed E-state index contributed by atoms with van der Waals surface area (Å²) in [7, 11) is 0. The van der Waals surface area contributed by atoms with Gasteiger partial charge in [-0.05, 0) is 97.6 Å². The first-order valence-electron chi connectivity index (χ1n) is 10.7. The van der Waals surface area contributed by atoms with E-state index in [4.69, 9.17) is 4.74 Å². The quantitative estimate of drug-likeness (QED) is 0.444. The lowest BCUT2D eigenvalue weighted by Gasteiger charge is -2.36. The van der Waals surface area contributed by atoms with E-state index in [1.165, 1.54) is 16.7 Å². The van der Waals surface area contributed by atoms with E-state index in [0.717, 1.165) is 56.9 Å². The number of phenolic OH excluding ortho intramolecular Hbond substituents is 1. The van der Waals surface area contributed by atoms with Gasteiger partial charge in [0.1, 0.15) is 5.60 Å². The van der Waals surface area contributed by atoms with Crippen molar-refractivity contribution in [1.29, 1.82) is 0 Å². The van der Waals surface area contributed by atoms with Gasteiger partial charge in [-0.25, -0.2) is 0 Å². The van der Waals surface area contributed by atoms with E-state index in [-0.39, 0.29) is 11.4 Å². The monoisotopic (exact) mass is 382 g/mol. The van der Waals surface area contributed by atoms with Crippen molar-refractivity contribution >= 4 is 0 Å². The lowest BCUT2D eigenvalue weighted by atomic mass is 9.88. The molecule has 1 heterocycles. The van der Waals surface area contributed by atoms with Gasteiger partial charge in [-0.1, -0.05) is 47.1 Å². The topological polar surface area (TPSA) is 29.5 Å². The van der Waals surface area contributed by atoms with Gasteiger partial charge < -0.3 is 9.84 Å². The molecule has 1 aliphatic heterocycles. The molecular weight excluding hydrogens is 344 g/mol. The highest BCUT2D eigenvalue weighted by molar-refractivity contribution is 5.47. The van der Waals surface area contributed by atoms with Crippen LogP contribution in [0.4, 0.5) is 0 Å². The van der Waals surface area contributed by atoms with Crippen LogP contribution in [0.5, 0.6) is 11.5 Å². The zero-order valence-electron chi connectivity index (χ0n) is 18.5. The third-order valence-corrected chi connectivity index (χ3v) is 5.64. The first kappa shape index (κ1) is 22.3. The summed E-state index contributed by atoms with van der Waals surface area (Å²) in [5.41, 5.74) is 5.28. The summed E-state index contributed by atoms with van der Waals surface area (Å²) in [6.45, 7) is 11.0. The molecule has 0 amide bonds. The summed E-state index contributed by atoms with van der Waals surface area (Å²) in [5.74, 6) is 0.951. The fourth-order valence-electron chi connectivity index (χ4n) is 3.72. The van der Waals surface area contributed by atoms with Crippen molar-refractivity contribution in [1.82, 2.24) is 0 Å². The van der Waals surface area contributed by atoms with Crippen molar-refractivity contribution in [2.75, 3.05) is 0 Å². The fourth-order valence-corrected chi connectivity index (χ4v) is 3.72. The van der Waals surface area contributed by atoms with Crippen molar-refractivity contribution in [2.24, 2.45) is 0 Å². The zero-order valence-corrected chi connectivity index (χ0v) is 18.5. The molecule has 0 saturated heterocycles. The number of hydrogen-bond donors (Lipinski definition) is 1. The minimum absolute atomic E-state index is 0.190. The van der Waals surface area contributed by atoms with E-state index in [1.54, 1.807) is 6.07 Å². The second kappa shape index (κ2) is 10.5. The zero-order chi connectivity index (χ0) is 20.6. The summed E-state index contributed by atoms with van der Waals surface area (Å²) in [6, 6.07) is 5.65. The first-order valence-corrected chi connectivity index (χ1v) is 10.7. The number of hydrogen-bond acceptors (Lipinski definition) is 2. The number of rotatable bonds is 9. The van der Waals surface area contributed by atoms with Crippen LogP contribution in [0, 0.1) is 0 Å². The van der Waals surface area contributed by atoms with Crippen LogP contribution in [-0.4, -0.2) is 10.7 Å². The van der Waals surface area contributed by atoms with Gasteiger partial charge in [-0.15, -0.1) is 0 Å². The Balaban J connectivity index is 1.76. The van der Waals surface area contributed by atoms with Crippen LogP contribution in [0.15, 0.2) is 53.1 Å². The molecule has 1 aromatic carbocycles. The maximum absolute atomic E-state index is 10.1. The number of benzene rings is 1. The molecular formula is C26H38O2. The second-order valence-electron chi connectivity index (χ2n) is 8.82. The molecule has 1 aromatic rings. The molecule has 2 rings (SSSR count). The molecule has 0 aromatic heterocycles. The Hall–Kier alpha value is -1.96. The molecule has 0 aliphatic carbocycles. The normalized spacial score (nSPS) is 19.8. The van der Waals surface area contributed by atoms with Gasteiger partial charge >= 0.3 is 0 Å². The number of phenols is 1. The van der Waals surface area contributed by atoms with Crippen LogP contribution < -0.4 is 4.74 Å². The van der Waals surface area contributed by atoms with Gasteiger partial charge in [-0.3, -0.25) is 0 Å². The van der Waals surface area contributed by atoms with Gasteiger partial charge in [0.2, 0.25) is 0 Å². The molecule has 0 bridgehead atoms. The maximum Gasteiger partial charge on any atom is 0.164 e. The van der Waals surface area contributed by atoms with Crippen LogP contribution in [-0.2, 0) is 6.42 Å². The molecule has 0 fully saturated rings. The highest BCUT2D eigenvalue weighted by Crippen LogP contribution is 2.41. The Bertz CT molecular complexity index is 735. The van der Waals surface area contributed by atoms with Crippen molar-refractivity contribution in [3.05, 3.63) is 58.7 Å². The molecule has 2 heteroatoms. The fraction of sp³-hybridized carbons (Fsp3) is 0.538. The van der Waals surface area contributed by atoms with Crippen LogP contribution in [0.1, 0.15) is 85.1 Å². The van der Waals surface area contributed by atoms with Crippen LogP contribution >= 0.6 is 0 Å². The number of aryl methyl sites for hydroxylation is 1. The minimum Gasteiger partial charge on any atom is -0.504 e. The highest BCUT2D eigenvalue weighted by atomic mass is 16.5. The smallest absolute Gasteiger partial charge is 0.164 e. The van der Waals surface area contributed by atoms with E-state index in [0.29, 0.717) is 5.75 Å². The highest BCUT2D eigenvalue weighted by Gasteiger charge is 2.32. The Morgan fingerprint density at radius 1 is 1.00 bits per heavy atom. The summed E-state index contributed by atoms with van der Waals surface area (Å²) in [6.07, 6.45) is 15.6. The molecule has 0 saturated carbocycles. The largest absolute Gasteiger partial charge is 0.504 e. The molecule has 154 valence electrons. The Kier molecular flexibility index (Phi) is 8.41. The number of para-hydroxylation sites is 1. The van der Waals surface area contributed by atoms with Crippen LogP contribution in [0.3, 0.4) is 0 Å². The molecule has 1 atom stereocenters. The van der Waals surface area contributed by atoms with Gasteiger partial charge in [0, 0.05) is 0 Å². The SMILES string of the molecule is CC(C)=CCC/C(C)=C/CC/C(C)=C/CCC1(C)CCc2cccc(O)c2O1. The Morgan fingerprint density at radius 2 is 1.64 bits per heavy atom. The molecule has 0 spiro atoms. The van der Waals surface area contributed by atoms with Gasteiger partial charge in [0.05, 0.1) is 0 Å². The number of fused-ring (bicyclic) bond motifs is 1. The minimum atomic E-state index is -0.190. The predicted molar refractivity (Wildman–Crippen MR) is 120 cm³/mol. The van der Waals surface area contributed by atoms with Crippen molar-refractivity contribution < 1.29 is 9.84 Å². The van der Waals surface area contributed by atoms with Gasteiger partial charge in [0.15, 0.2) is 11.5 Å². The summed E-state index contributed by atoms with van der Waals surface area (Å²) < 4.78 is 6.21. The summed E-state index contributed by atoms with van der Waals surface area (Å²) in [4.78, 5) is 0. The molecule has 28 heavy (non-hydrogen) atoms. The third kappa shape index (κ3) is 7.22. The van der Waals surface area contributed by atoms with Crippen LogP contribution in [0.25, 0.3) is 0 Å². The number of allylic oxidation sites excluding steroid dienone is 6. The predicted octanol–water partition coefficient (Wildman–Crippen LogP) is 7.68. The maximum atomic E-state index is 10.1. The lowest BCUT2D eigenvalue weighted by molar-refractivity contribution is 0.0538. The van der Waals surface area contributed by atoms with E-state index in [2.05, 4.69) is 52.8 Å². The molecule has 2 nitrogen and oxygen atoms in total. The lowest BCUT2D eigenvalue weighted by Crippen LogP contribution is -2.36. The standard InChI is InChI=1S/C26H38O2/c1-20(2)10-6-11-21(3)12-7-13-22(4)14-9-18-26(5)19-17-23-15-8-16-24(27)25(23)28-26/h8,10,12,14-16,27H,6-7,9,11,13,17-19H2,1-5H3/b21-12+,22-14+. The average Bonchev–Trinajstić information content (AvgIpc) is 2.62. The van der Waals surface area contributed by atoms with Gasteiger partial charge in [-0.2, -0.15) is 0 Å². The summed E-state index contributed by atoms with van der Waals surface area (Å²) in [5, 5.41) is 10.1. The molecule has 0 radical (unpaired) electrons. The third-order valence-electron chi connectivity index (χ3n) is 5.64. The average molecular weight is 383 g/mol. The van der Waals surface area contributed by atoms with Gasteiger partial charge in [0.25, 0.3) is 0 Å². The first-order chi connectivity index (χ1) is 13.3. The van der Waals surface area contributed by atoms with Crippen LogP contribution in [0.2, 0.25) is 0 Å². The molecule has 1 aliphatic rings. The molecule has 1 N–H and O–H groups in total. The van der Waals surface area contributed by atoms with Crippen molar-refractivity contribution in [3.8, 4) is 11.5 Å². The second-order valence-corrected chi connectivity index (χ2v) is 8.82.